The van der Waals surface area contributed by atoms with Gasteiger partial charge in [-0.25, -0.2) is 4.79 Å². The van der Waals surface area contributed by atoms with Gasteiger partial charge in [0.1, 0.15) is 30.2 Å². The number of nitrogens with zero attached hydrogens (tertiary/aromatic N) is 3. The summed E-state index contributed by atoms with van der Waals surface area (Å²) in [6.07, 6.45) is 5.98. The Morgan fingerprint density at radius 2 is 1.88 bits per heavy atom. The average molecular weight is 605 g/mol. The third-order valence-corrected chi connectivity index (χ3v) is 7.50. The number of piperazine rings is 1. The maximum atomic E-state index is 14.4. The molecule has 224 valence electrons. The second kappa shape index (κ2) is 12.0. The third-order valence-electron chi connectivity index (χ3n) is 7.25. The lowest BCUT2D eigenvalue weighted by atomic mass is 9.93. The second-order valence-electron chi connectivity index (χ2n) is 11.6. The van der Waals surface area contributed by atoms with E-state index in [0.29, 0.717) is 35.9 Å². The van der Waals surface area contributed by atoms with Crippen molar-refractivity contribution in [3.05, 3.63) is 88.0 Å². The topological polar surface area (TPSA) is 129 Å². The predicted molar refractivity (Wildman–Crippen MR) is 162 cm³/mol. The van der Waals surface area contributed by atoms with E-state index in [-0.39, 0.29) is 23.8 Å². The van der Waals surface area contributed by atoms with Gasteiger partial charge in [0.05, 0.1) is 17.6 Å². The monoisotopic (exact) mass is 604 g/mol. The molecule has 3 amide bonds. The molecular formula is C32H33ClN4O6. The zero-order chi connectivity index (χ0) is 30.9. The number of aliphatic imine (C=N–C) groups is 1. The molecule has 0 bridgehead atoms. The number of allylic oxidation sites excluding steroid dienone is 3. The van der Waals surface area contributed by atoms with Crippen molar-refractivity contribution in [2.45, 2.75) is 51.3 Å². The van der Waals surface area contributed by atoms with Gasteiger partial charge in [0.25, 0.3) is 0 Å². The molecule has 0 saturated carbocycles. The lowest BCUT2D eigenvalue weighted by Crippen LogP contribution is -2.55. The lowest BCUT2D eigenvalue weighted by molar-refractivity contribution is -0.136. The van der Waals surface area contributed by atoms with Crippen molar-refractivity contribution in [3.63, 3.8) is 0 Å². The molecule has 0 spiro atoms. The van der Waals surface area contributed by atoms with Crippen LogP contribution < -0.4 is 10.1 Å². The summed E-state index contributed by atoms with van der Waals surface area (Å²) in [6, 6.07) is 10.5. The number of carbonyl (C=O) groups excluding carboxylic acids is 3. The Balaban J connectivity index is 1.68. The molecule has 1 fully saturated rings. The Kier molecular flexibility index (Phi) is 8.41. The van der Waals surface area contributed by atoms with E-state index in [1.807, 2.05) is 51.1 Å². The van der Waals surface area contributed by atoms with Crippen molar-refractivity contribution in [2.75, 3.05) is 19.6 Å². The molecule has 0 radical (unpaired) electrons. The normalized spacial score (nSPS) is 20.0. The Hall–Kier alpha value is -4.44. The Morgan fingerprint density at radius 3 is 2.51 bits per heavy atom. The van der Waals surface area contributed by atoms with Crippen LogP contribution in [0.25, 0.3) is 0 Å². The zero-order valence-corrected chi connectivity index (χ0v) is 24.9. The van der Waals surface area contributed by atoms with Crippen LogP contribution >= 0.6 is 11.6 Å². The van der Waals surface area contributed by atoms with E-state index in [2.05, 4.69) is 5.32 Å². The minimum absolute atomic E-state index is 0.0984. The molecule has 1 saturated heterocycles. The summed E-state index contributed by atoms with van der Waals surface area (Å²) in [6.45, 7) is 6.10. The number of benzene rings is 2. The van der Waals surface area contributed by atoms with E-state index < -0.39 is 41.9 Å². The molecule has 43 heavy (non-hydrogen) atoms. The highest BCUT2D eigenvalue weighted by molar-refractivity contribution is 6.30. The number of ether oxygens (including phenoxy) is 1. The van der Waals surface area contributed by atoms with Crippen molar-refractivity contribution >= 4 is 41.1 Å². The highest BCUT2D eigenvalue weighted by Crippen LogP contribution is 2.42. The van der Waals surface area contributed by atoms with Crippen LogP contribution in [0.5, 0.6) is 5.75 Å². The van der Waals surface area contributed by atoms with Crippen LogP contribution in [0.1, 0.15) is 61.1 Å². The van der Waals surface area contributed by atoms with Crippen molar-refractivity contribution in [2.24, 2.45) is 4.99 Å². The maximum Gasteiger partial charge on any atom is 0.326 e. The van der Waals surface area contributed by atoms with Gasteiger partial charge in [0.15, 0.2) is 5.78 Å². The van der Waals surface area contributed by atoms with E-state index >= 15 is 0 Å². The number of Topliss-reactive ketones (excluding diaryl/α,β-unsaturated/α-hetero) is 1. The molecule has 2 heterocycles. The minimum Gasteiger partial charge on any atom is -0.487 e. The third kappa shape index (κ3) is 6.64. The Morgan fingerprint density at radius 1 is 1.14 bits per heavy atom. The van der Waals surface area contributed by atoms with Crippen molar-refractivity contribution in [3.8, 4) is 5.75 Å². The standard InChI is InChI=1S/C32H33ClN4O6/c1-32(2,3)43-25-16-21(24(38)17-27(40)41)10-13-23(25)30-35-28(19-6-4-5-7-19)29(20-8-11-22(33)12-9-20)37(30)31(42)36-15-14-34-26(39)18-36/h4-6,8-13,16,28-29H,7,14-15,17-18H2,1-3H3,(H,34,39)(H,40,41)/t28-,29+/m0/s1. The smallest absolute Gasteiger partial charge is 0.326 e. The molecule has 5 rings (SSSR count). The molecule has 2 atom stereocenters. The fraction of sp³-hybridized carbons (Fsp3) is 0.344. The van der Waals surface area contributed by atoms with Crippen molar-refractivity contribution in [1.29, 1.82) is 0 Å². The average Bonchev–Trinajstić information content (AvgIpc) is 3.60. The van der Waals surface area contributed by atoms with Gasteiger partial charge in [-0.05, 0) is 62.6 Å². The molecule has 2 aliphatic heterocycles. The van der Waals surface area contributed by atoms with E-state index in [0.717, 1.165) is 11.1 Å². The number of hydrogen-bond acceptors (Lipinski definition) is 6. The summed E-state index contributed by atoms with van der Waals surface area (Å²) in [7, 11) is 0. The van der Waals surface area contributed by atoms with Gasteiger partial charge in [0.2, 0.25) is 5.91 Å². The van der Waals surface area contributed by atoms with Gasteiger partial charge in [-0.1, -0.05) is 48.0 Å². The lowest BCUT2D eigenvalue weighted by Gasteiger charge is -2.36. The SMILES string of the molecule is CC(C)(C)Oc1cc(C(=O)CC(=O)O)ccc1C1=N[C@@H](C2=CC=CC2)[C@@H](c2ccc(Cl)cc2)N1C(=O)N1CCNC(=O)C1. The molecule has 1 aliphatic carbocycles. The van der Waals surface area contributed by atoms with Crippen LogP contribution in [0, 0.1) is 0 Å². The number of carbonyl (C=O) groups is 4. The van der Waals surface area contributed by atoms with Crippen LogP contribution in [0.2, 0.25) is 5.02 Å². The number of carboxylic acids is 1. The molecular weight excluding hydrogens is 572 g/mol. The number of ketones is 1. The second-order valence-corrected chi connectivity index (χ2v) is 12.0. The van der Waals surface area contributed by atoms with Crippen LogP contribution in [0.3, 0.4) is 0 Å². The summed E-state index contributed by atoms with van der Waals surface area (Å²) >= 11 is 6.23. The molecule has 0 unspecified atom stereocenters. The summed E-state index contributed by atoms with van der Waals surface area (Å²) in [5.74, 6) is -1.45. The van der Waals surface area contributed by atoms with Crippen LogP contribution in [0.15, 0.2) is 71.3 Å². The molecule has 2 N–H and O–H groups in total. The minimum atomic E-state index is -1.23. The first-order chi connectivity index (χ1) is 20.4. The van der Waals surface area contributed by atoms with Crippen molar-refractivity contribution in [1.82, 2.24) is 15.1 Å². The Labute approximate surface area is 254 Å². The fourth-order valence-electron chi connectivity index (χ4n) is 5.39. The number of urea groups is 1. The quantitative estimate of drug-likeness (QED) is 0.346. The molecule has 0 aromatic heterocycles. The van der Waals surface area contributed by atoms with Crippen LogP contribution in [0.4, 0.5) is 4.79 Å². The van der Waals surface area contributed by atoms with E-state index in [9.17, 15) is 24.3 Å². The number of amidine groups is 1. The molecule has 2 aromatic carbocycles. The zero-order valence-electron chi connectivity index (χ0n) is 24.2. The van der Waals surface area contributed by atoms with E-state index in [1.165, 1.54) is 17.0 Å². The highest BCUT2D eigenvalue weighted by atomic mass is 35.5. The van der Waals surface area contributed by atoms with Crippen LogP contribution in [-0.4, -0.2) is 75.7 Å². The highest BCUT2D eigenvalue weighted by Gasteiger charge is 2.46. The number of amides is 3. The summed E-state index contributed by atoms with van der Waals surface area (Å²) in [4.78, 5) is 58.9. The van der Waals surface area contributed by atoms with E-state index in [4.69, 9.17) is 21.3 Å². The maximum absolute atomic E-state index is 14.4. The molecule has 2 aromatic rings. The number of nitrogens with one attached hydrogen (secondary N) is 1. The number of carboxylic acid groups (broad SMARTS) is 1. The fourth-order valence-corrected chi connectivity index (χ4v) is 5.52. The summed E-state index contributed by atoms with van der Waals surface area (Å²) in [5.41, 5.74) is 1.75. The van der Waals surface area contributed by atoms with E-state index in [1.54, 1.807) is 23.1 Å². The molecule has 10 nitrogen and oxygen atoms in total. The first-order valence-electron chi connectivity index (χ1n) is 14.0. The van der Waals surface area contributed by atoms with Crippen molar-refractivity contribution < 1.29 is 29.0 Å². The number of aliphatic carboxylic acids is 1. The van der Waals surface area contributed by atoms with Gasteiger partial charge >= 0.3 is 12.0 Å². The summed E-state index contributed by atoms with van der Waals surface area (Å²) in [5, 5.41) is 12.5. The largest absolute Gasteiger partial charge is 0.487 e. The van der Waals surface area contributed by atoms with Gasteiger partial charge < -0.3 is 20.1 Å². The van der Waals surface area contributed by atoms with Gasteiger partial charge in [-0.3, -0.25) is 24.3 Å². The number of rotatable bonds is 7. The number of halogens is 1. The van der Waals surface area contributed by atoms with Crippen LogP contribution in [-0.2, 0) is 9.59 Å². The predicted octanol–water partition coefficient (Wildman–Crippen LogP) is 4.78. The molecule has 11 heteroatoms. The summed E-state index contributed by atoms with van der Waals surface area (Å²) < 4.78 is 6.31. The Bertz CT molecular complexity index is 1560. The molecule has 3 aliphatic rings. The number of hydrogen-bond donors (Lipinski definition) is 2. The first-order valence-corrected chi connectivity index (χ1v) is 14.4. The van der Waals surface area contributed by atoms with Gasteiger partial charge in [-0.2, -0.15) is 0 Å². The first kappa shape index (κ1) is 30.0. The van der Waals surface area contributed by atoms with Gasteiger partial charge in [-0.15, -0.1) is 0 Å². The van der Waals surface area contributed by atoms with Gasteiger partial charge in [0, 0.05) is 23.7 Å².